The molecule has 20 heavy (non-hydrogen) atoms. The van der Waals surface area contributed by atoms with Crippen LogP contribution in [-0.4, -0.2) is 23.0 Å². The van der Waals surface area contributed by atoms with E-state index in [9.17, 15) is 18.0 Å². The molecular formula is C14H19F3N2O. The largest absolute Gasteiger partial charge is 0.416 e. The number of nitrogens with one attached hydrogen (secondary N) is 1. The second kappa shape index (κ2) is 6.15. The van der Waals surface area contributed by atoms with E-state index < -0.39 is 17.8 Å². The number of benzene rings is 1. The lowest BCUT2D eigenvalue weighted by Crippen LogP contribution is -2.44. The third kappa shape index (κ3) is 4.15. The molecule has 0 fully saturated rings. The van der Waals surface area contributed by atoms with Crippen molar-refractivity contribution in [1.29, 1.82) is 0 Å². The van der Waals surface area contributed by atoms with Crippen molar-refractivity contribution in [2.24, 2.45) is 0 Å². The van der Waals surface area contributed by atoms with Gasteiger partial charge >= 0.3 is 12.2 Å². The minimum Gasteiger partial charge on any atom is -0.320 e. The molecule has 1 rings (SSSR count). The highest BCUT2D eigenvalue weighted by Gasteiger charge is 2.30. The minimum atomic E-state index is -4.42. The molecule has 0 aliphatic carbocycles. The first kappa shape index (κ1) is 16.3. The Balaban J connectivity index is 2.91. The summed E-state index contributed by atoms with van der Waals surface area (Å²) in [5.74, 6) is 0. The van der Waals surface area contributed by atoms with E-state index in [2.05, 4.69) is 5.32 Å². The third-order valence-electron chi connectivity index (χ3n) is 2.79. The number of hydrogen-bond acceptors (Lipinski definition) is 1. The Labute approximate surface area is 116 Å². The summed E-state index contributed by atoms with van der Waals surface area (Å²) in [6.07, 6.45) is -4.42. The fourth-order valence-corrected chi connectivity index (χ4v) is 2.03. The number of alkyl halides is 3. The zero-order valence-corrected chi connectivity index (χ0v) is 12.0. The van der Waals surface area contributed by atoms with Gasteiger partial charge in [0.1, 0.15) is 0 Å². The maximum Gasteiger partial charge on any atom is 0.416 e. The summed E-state index contributed by atoms with van der Waals surface area (Å²) in [6, 6.07) is 4.12. The number of carbonyl (C=O) groups is 1. The number of anilines is 1. The van der Waals surface area contributed by atoms with E-state index in [1.807, 2.05) is 27.7 Å². The predicted molar refractivity (Wildman–Crippen MR) is 72.6 cm³/mol. The first-order chi connectivity index (χ1) is 9.12. The third-order valence-corrected chi connectivity index (χ3v) is 2.79. The van der Waals surface area contributed by atoms with Crippen LogP contribution in [0.3, 0.4) is 0 Å². The van der Waals surface area contributed by atoms with Crippen LogP contribution in [0.2, 0.25) is 0 Å². The number of urea groups is 1. The summed E-state index contributed by atoms with van der Waals surface area (Å²) >= 11 is 0. The van der Waals surface area contributed by atoms with Gasteiger partial charge in [0.25, 0.3) is 0 Å². The topological polar surface area (TPSA) is 32.3 Å². The maximum atomic E-state index is 12.6. The van der Waals surface area contributed by atoms with Gasteiger partial charge in [-0.3, -0.25) is 0 Å². The van der Waals surface area contributed by atoms with Crippen LogP contribution in [0, 0.1) is 0 Å². The minimum absolute atomic E-state index is 0.0409. The molecule has 0 saturated heterocycles. The Morgan fingerprint density at radius 1 is 1.15 bits per heavy atom. The molecule has 0 aliphatic heterocycles. The number of nitrogens with zero attached hydrogens (tertiary/aromatic N) is 1. The van der Waals surface area contributed by atoms with Crippen molar-refractivity contribution in [1.82, 2.24) is 4.90 Å². The van der Waals surface area contributed by atoms with Crippen molar-refractivity contribution in [2.75, 3.05) is 5.32 Å². The van der Waals surface area contributed by atoms with Crippen molar-refractivity contribution in [3.8, 4) is 0 Å². The molecule has 1 N–H and O–H groups in total. The smallest absolute Gasteiger partial charge is 0.320 e. The molecule has 1 aromatic rings. The maximum absolute atomic E-state index is 12.6. The molecule has 0 radical (unpaired) electrons. The highest BCUT2D eigenvalue weighted by molar-refractivity contribution is 5.89. The number of halogens is 3. The van der Waals surface area contributed by atoms with E-state index in [1.165, 1.54) is 12.1 Å². The van der Waals surface area contributed by atoms with E-state index in [4.69, 9.17) is 0 Å². The van der Waals surface area contributed by atoms with Crippen molar-refractivity contribution < 1.29 is 18.0 Å². The van der Waals surface area contributed by atoms with Crippen LogP contribution in [0.1, 0.15) is 33.3 Å². The van der Waals surface area contributed by atoms with E-state index in [1.54, 1.807) is 4.90 Å². The van der Waals surface area contributed by atoms with Crippen LogP contribution in [0.25, 0.3) is 0 Å². The van der Waals surface area contributed by atoms with Crippen LogP contribution < -0.4 is 5.32 Å². The summed E-state index contributed by atoms with van der Waals surface area (Å²) in [5, 5.41) is 2.50. The van der Waals surface area contributed by atoms with Crippen molar-refractivity contribution >= 4 is 11.7 Å². The zero-order valence-electron chi connectivity index (χ0n) is 12.0. The molecule has 0 unspecified atom stereocenters. The average Bonchev–Trinajstić information content (AvgIpc) is 2.26. The monoisotopic (exact) mass is 288 g/mol. The van der Waals surface area contributed by atoms with Gasteiger partial charge in [0.2, 0.25) is 0 Å². The van der Waals surface area contributed by atoms with Crippen LogP contribution in [0.15, 0.2) is 24.3 Å². The van der Waals surface area contributed by atoms with E-state index in [0.29, 0.717) is 0 Å². The van der Waals surface area contributed by atoms with Crippen LogP contribution >= 0.6 is 0 Å². The number of carbonyl (C=O) groups excluding carboxylic acids is 1. The molecule has 0 atom stereocenters. The Morgan fingerprint density at radius 2 is 1.70 bits per heavy atom. The number of rotatable bonds is 3. The summed E-state index contributed by atoms with van der Waals surface area (Å²) < 4.78 is 37.8. The Morgan fingerprint density at radius 3 is 2.15 bits per heavy atom. The first-order valence-electron chi connectivity index (χ1n) is 6.39. The lowest BCUT2D eigenvalue weighted by molar-refractivity contribution is -0.137. The van der Waals surface area contributed by atoms with Gasteiger partial charge in [-0.2, -0.15) is 13.2 Å². The van der Waals surface area contributed by atoms with Crippen molar-refractivity contribution in [3.63, 3.8) is 0 Å². The molecule has 2 amide bonds. The van der Waals surface area contributed by atoms with E-state index in [-0.39, 0.29) is 17.8 Å². The molecule has 0 spiro atoms. The van der Waals surface area contributed by atoms with Gasteiger partial charge in [0, 0.05) is 17.8 Å². The summed E-state index contributed by atoms with van der Waals surface area (Å²) in [4.78, 5) is 13.7. The standard InChI is InChI=1S/C14H19F3N2O/c1-9(2)19(10(3)4)13(20)18-12-7-5-6-11(8-12)14(15,16)17/h5-10H,1-4H3,(H,18,20). The fourth-order valence-electron chi connectivity index (χ4n) is 2.03. The zero-order chi connectivity index (χ0) is 15.5. The van der Waals surface area contributed by atoms with Gasteiger partial charge in [-0.15, -0.1) is 0 Å². The van der Waals surface area contributed by atoms with Gasteiger partial charge in [-0.25, -0.2) is 4.79 Å². The Kier molecular flexibility index (Phi) is 5.03. The highest BCUT2D eigenvalue weighted by Crippen LogP contribution is 2.30. The highest BCUT2D eigenvalue weighted by atomic mass is 19.4. The average molecular weight is 288 g/mol. The first-order valence-corrected chi connectivity index (χ1v) is 6.39. The SMILES string of the molecule is CC(C)N(C(=O)Nc1cccc(C(F)(F)F)c1)C(C)C. The van der Waals surface area contributed by atoms with Gasteiger partial charge in [0.05, 0.1) is 5.56 Å². The van der Waals surface area contributed by atoms with Crippen LogP contribution in [0.5, 0.6) is 0 Å². The predicted octanol–water partition coefficient (Wildman–Crippen LogP) is 4.36. The van der Waals surface area contributed by atoms with E-state index in [0.717, 1.165) is 12.1 Å². The summed E-state index contributed by atoms with van der Waals surface area (Å²) in [6.45, 7) is 7.41. The van der Waals surface area contributed by atoms with Crippen molar-refractivity contribution in [2.45, 2.75) is 46.0 Å². The molecule has 112 valence electrons. The second-order valence-electron chi connectivity index (χ2n) is 5.10. The molecular weight excluding hydrogens is 269 g/mol. The molecule has 0 saturated carbocycles. The number of amides is 2. The Bertz CT molecular complexity index is 462. The quantitative estimate of drug-likeness (QED) is 0.880. The van der Waals surface area contributed by atoms with Gasteiger partial charge in [-0.05, 0) is 45.9 Å². The van der Waals surface area contributed by atoms with Crippen LogP contribution in [0.4, 0.5) is 23.7 Å². The lowest BCUT2D eigenvalue weighted by atomic mass is 10.2. The molecule has 3 nitrogen and oxygen atoms in total. The van der Waals surface area contributed by atoms with Gasteiger partial charge < -0.3 is 10.2 Å². The lowest BCUT2D eigenvalue weighted by Gasteiger charge is -2.30. The fraction of sp³-hybridized carbons (Fsp3) is 0.500. The second-order valence-corrected chi connectivity index (χ2v) is 5.10. The summed E-state index contributed by atoms with van der Waals surface area (Å²) in [5.41, 5.74) is -0.646. The van der Waals surface area contributed by atoms with E-state index >= 15 is 0 Å². The van der Waals surface area contributed by atoms with Crippen LogP contribution in [-0.2, 0) is 6.18 Å². The molecule has 0 bridgehead atoms. The normalized spacial score (nSPS) is 11.8. The summed E-state index contributed by atoms with van der Waals surface area (Å²) in [7, 11) is 0. The van der Waals surface area contributed by atoms with Crippen molar-refractivity contribution in [3.05, 3.63) is 29.8 Å². The molecule has 0 heterocycles. The number of hydrogen-bond donors (Lipinski definition) is 1. The molecule has 0 aliphatic rings. The molecule has 6 heteroatoms. The molecule has 1 aromatic carbocycles. The van der Waals surface area contributed by atoms with Gasteiger partial charge in [0.15, 0.2) is 0 Å². The molecule has 0 aromatic heterocycles. The van der Waals surface area contributed by atoms with Gasteiger partial charge in [-0.1, -0.05) is 6.07 Å². The Hall–Kier alpha value is -1.72.